The van der Waals surface area contributed by atoms with Crippen molar-refractivity contribution in [1.82, 2.24) is 10.6 Å². The summed E-state index contributed by atoms with van der Waals surface area (Å²) in [6, 6.07) is 4.79. The number of nitrogens with one attached hydrogen (secondary N) is 2. The number of rotatable bonds is 8. The topological polar surface area (TPSA) is 93.5 Å². The van der Waals surface area contributed by atoms with Gasteiger partial charge in [-0.3, -0.25) is 9.59 Å². The van der Waals surface area contributed by atoms with E-state index in [-0.39, 0.29) is 24.3 Å². The zero-order chi connectivity index (χ0) is 17.4. The lowest BCUT2D eigenvalue weighted by molar-refractivity contribution is -0.127. The van der Waals surface area contributed by atoms with Gasteiger partial charge in [-0.05, 0) is 30.0 Å². The molecule has 0 aliphatic carbocycles. The predicted octanol–water partition coefficient (Wildman–Crippen LogP) is 1.11. The van der Waals surface area contributed by atoms with E-state index in [2.05, 4.69) is 10.6 Å². The molecule has 0 aliphatic heterocycles. The molecule has 1 aromatic carbocycles. The Hall–Kier alpha value is -1.79. The van der Waals surface area contributed by atoms with Crippen LogP contribution in [0.15, 0.2) is 18.2 Å². The molecule has 0 radical (unpaired) electrons. The van der Waals surface area contributed by atoms with Crippen LogP contribution in [0.5, 0.6) is 5.75 Å². The molecule has 0 aromatic heterocycles. The number of hydrogen-bond acceptors (Lipinski definition) is 4. The monoisotopic (exact) mass is 341 g/mol. The van der Waals surface area contributed by atoms with E-state index in [1.54, 1.807) is 13.2 Å². The molecule has 4 N–H and O–H groups in total. The third-order valence-electron chi connectivity index (χ3n) is 3.42. The van der Waals surface area contributed by atoms with E-state index < -0.39 is 6.04 Å². The van der Waals surface area contributed by atoms with Crippen molar-refractivity contribution in [2.24, 2.45) is 11.7 Å². The third kappa shape index (κ3) is 6.46. The average molecular weight is 342 g/mol. The van der Waals surface area contributed by atoms with E-state index in [9.17, 15) is 9.59 Å². The second kappa shape index (κ2) is 9.37. The summed E-state index contributed by atoms with van der Waals surface area (Å²) in [5.74, 6) is 0.120. The summed E-state index contributed by atoms with van der Waals surface area (Å²) in [5.41, 5.74) is 6.61. The van der Waals surface area contributed by atoms with Crippen molar-refractivity contribution < 1.29 is 14.3 Å². The lowest BCUT2D eigenvalue weighted by Gasteiger charge is -2.15. The third-order valence-corrected chi connectivity index (χ3v) is 3.77. The summed E-state index contributed by atoms with van der Waals surface area (Å²) in [4.78, 5) is 23.3. The summed E-state index contributed by atoms with van der Waals surface area (Å²) in [5, 5.41) is 5.84. The highest BCUT2D eigenvalue weighted by Gasteiger charge is 2.17. The van der Waals surface area contributed by atoms with E-state index in [0.717, 1.165) is 5.56 Å². The van der Waals surface area contributed by atoms with Crippen molar-refractivity contribution in [3.8, 4) is 5.75 Å². The number of methoxy groups -OCH3 is 1. The first-order chi connectivity index (χ1) is 10.8. The molecular formula is C16H24ClN3O3. The van der Waals surface area contributed by atoms with Gasteiger partial charge in [-0.1, -0.05) is 31.5 Å². The van der Waals surface area contributed by atoms with Gasteiger partial charge in [0, 0.05) is 11.6 Å². The number of benzene rings is 1. The normalized spacial score (nSPS) is 11.9. The summed E-state index contributed by atoms with van der Waals surface area (Å²) < 4.78 is 5.08. The Bertz CT molecular complexity index is 549. The van der Waals surface area contributed by atoms with Crippen LogP contribution in [0.2, 0.25) is 5.02 Å². The van der Waals surface area contributed by atoms with Gasteiger partial charge in [0.25, 0.3) is 0 Å². The van der Waals surface area contributed by atoms with Crippen molar-refractivity contribution in [3.05, 3.63) is 28.8 Å². The Balaban J connectivity index is 2.33. The van der Waals surface area contributed by atoms with E-state index >= 15 is 0 Å². The molecule has 7 heteroatoms. The van der Waals surface area contributed by atoms with Gasteiger partial charge in [-0.2, -0.15) is 0 Å². The summed E-state index contributed by atoms with van der Waals surface area (Å²) in [7, 11) is 1.57. The Labute approximate surface area is 141 Å². The molecule has 1 rings (SSSR count). The molecule has 1 atom stereocenters. The van der Waals surface area contributed by atoms with Crippen molar-refractivity contribution in [1.29, 1.82) is 0 Å². The first kappa shape index (κ1) is 19.3. The highest BCUT2D eigenvalue weighted by atomic mass is 35.5. The first-order valence-electron chi connectivity index (χ1n) is 7.47. The maximum Gasteiger partial charge on any atom is 0.239 e. The summed E-state index contributed by atoms with van der Waals surface area (Å²) >= 11 is 6.13. The van der Waals surface area contributed by atoms with E-state index in [1.807, 2.05) is 26.0 Å². The maximum absolute atomic E-state index is 11.7. The van der Waals surface area contributed by atoms with Gasteiger partial charge in [0.15, 0.2) is 0 Å². The van der Waals surface area contributed by atoms with E-state index in [0.29, 0.717) is 23.7 Å². The van der Waals surface area contributed by atoms with Crippen LogP contribution in [0.1, 0.15) is 19.4 Å². The Morgan fingerprint density at radius 2 is 2.00 bits per heavy atom. The Morgan fingerprint density at radius 3 is 2.57 bits per heavy atom. The second-order valence-corrected chi connectivity index (χ2v) is 5.95. The van der Waals surface area contributed by atoms with Crippen LogP contribution >= 0.6 is 11.6 Å². The van der Waals surface area contributed by atoms with E-state index in [4.69, 9.17) is 22.1 Å². The molecule has 128 valence electrons. The van der Waals surface area contributed by atoms with E-state index in [1.165, 1.54) is 0 Å². The fraction of sp³-hybridized carbons (Fsp3) is 0.500. The number of ether oxygens (including phenoxy) is 1. The molecule has 0 spiro atoms. The van der Waals surface area contributed by atoms with Gasteiger partial charge in [0.05, 0.1) is 19.7 Å². The molecule has 0 bridgehead atoms. The van der Waals surface area contributed by atoms with Crippen molar-refractivity contribution >= 4 is 23.4 Å². The smallest absolute Gasteiger partial charge is 0.239 e. The summed E-state index contributed by atoms with van der Waals surface area (Å²) in [6.45, 7) is 4.04. The fourth-order valence-corrected chi connectivity index (χ4v) is 2.11. The lowest BCUT2D eigenvalue weighted by atomic mass is 10.1. The Morgan fingerprint density at radius 1 is 1.30 bits per heavy atom. The van der Waals surface area contributed by atoms with Crippen LogP contribution in [-0.2, 0) is 16.0 Å². The van der Waals surface area contributed by atoms with Crippen LogP contribution < -0.4 is 21.1 Å². The minimum Gasteiger partial charge on any atom is -0.497 e. The average Bonchev–Trinajstić information content (AvgIpc) is 2.53. The summed E-state index contributed by atoms with van der Waals surface area (Å²) in [6.07, 6.45) is 0.591. The molecule has 0 saturated heterocycles. The number of amides is 2. The van der Waals surface area contributed by atoms with Crippen LogP contribution in [0.3, 0.4) is 0 Å². The minimum atomic E-state index is -0.610. The number of carbonyl (C=O) groups excluding carboxylic acids is 2. The maximum atomic E-state index is 11.7. The lowest BCUT2D eigenvalue weighted by Crippen LogP contribution is -2.47. The van der Waals surface area contributed by atoms with Crippen molar-refractivity contribution in [2.45, 2.75) is 26.3 Å². The van der Waals surface area contributed by atoms with Crippen molar-refractivity contribution in [3.63, 3.8) is 0 Å². The SMILES string of the molecule is COc1ccc(CCNC(=O)CNC(=O)[C@@H](N)C(C)C)c(Cl)c1. The number of hydrogen-bond donors (Lipinski definition) is 3. The van der Waals surface area contributed by atoms with Gasteiger partial charge >= 0.3 is 0 Å². The van der Waals surface area contributed by atoms with Gasteiger partial charge in [-0.15, -0.1) is 0 Å². The number of carbonyl (C=O) groups is 2. The number of halogens is 1. The minimum absolute atomic E-state index is 0.0234. The molecule has 1 aromatic rings. The molecule has 23 heavy (non-hydrogen) atoms. The van der Waals surface area contributed by atoms with Crippen LogP contribution in [0, 0.1) is 5.92 Å². The highest BCUT2D eigenvalue weighted by molar-refractivity contribution is 6.31. The van der Waals surface area contributed by atoms with Gasteiger partial charge in [0.2, 0.25) is 11.8 Å². The number of nitrogens with two attached hydrogens (primary N) is 1. The second-order valence-electron chi connectivity index (χ2n) is 5.54. The van der Waals surface area contributed by atoms with Gasteiger partial charge < -0.3 is 21.1 Å². The van der Waals surface area contributed by atoms with Gasteiger partial charge in [0.1, 0.15) is 5.75 Å². The zero-order valence-corrected chi connectivity index (χ0v) is 14.4. The molecule has 0 saturated carbocycles. The zero-order valence-electron chi connectivity index (χ0n) is 13.7. The fourth-order valence-electron chi connectivity index (χ4n) is 1.84. The van der Waals surface area contributed by atoms with Gasteiger partial charge in [-0.25, -0.2) is 0 Å². The molecule has 2 amide bonds. The quantitative estimate of drug-likeness (QED) is 0.660. The standard InChI is InChI=1S/C16H24ClN3O3/c1-10(2)15(18)16(22)20-9-14(21)19-7-6-11-4-5-12(23-3)8-13(11)17/h4-5,8,10,15H,6-7,9,18H2,1-3H3,(H,19,21)(H,20,22)/t15-/m0/s1. The largest absolute Gasteiger partial charge is 0.497 e. The predicted molar refractivity (Wildman–Crippen MR) is 90.5 cm³/mol. The van der Waals surface area contributed by atoms with Crippen molar-refractivity contribution in [2.75, 3.05) is 20.2 Å². The van der Waals surface area contributed by atoms with Crippen LogP contribution in [0.25, 0.3) is 0 Å². The molecule has 0 fully saturated rings. The first-order valence-corrected chi connectivity index (χ1v) is 7.85. The highest BCUT2D eigenvalue weighted by Crippen LogP contribution is 2.22. The molecular weight excluding hydrogens is 318 g/mol. The Kier molecular flexibility index (Phi) is 7.85. The molecule has 0 aliphatic rings. The molecule has 0 heterocycles. The molecule has 6 nitrogen and oxygen atoms in total. The van der Waals surface area contributed by atoms with Crippen LogP contribution in [0.4, 0.5) is 0 Å². The van der Waals surface area contributed by atoms with Crippen LogP contribution in [-0.4, -0.2) is 38.1 Å². The molecule has 0 unspecified atom stereocenters.